The lowest BCUT2D eigenvalue weighted by Gasteiger charge is -2.22. The molecule has 1 N–H and O–H groups in total. The van der Waals surface area contributed by atoms with Crippen molar-refractivity contribution < 1.29 is 4.74 Å². The normalized spacial score (nSPS) is 16.6. The fourth-order valence-corrected chi connectivity index (χ4v) is 3.96. The van der Waals surface area contributed by atoms with Gasteiger partial charge in [0.15, 0.2) is 5.96 Å². The summed E-state index contributed by atoms with van der Waals surface area (Å²) < 4.78 is 8.02. The number of rotatable bonds is 8. The summed E-state index contributed by atoms with van der Waals surface area (Å²) >= 11 is 0. The van der Waals surface area contributed by atoms with Crippen LogP contribution in [0.3, 0.4) is 0 Å². The second-order valence-electron chi connectivity index (χ2n) is 7.87. The summed E-state index contributed by atoms with van der Waals surface area (Å²) in [6.45, 7) is 7.05. The highest BCUT2D eigenvalue weighted by Gasteiger charge is 2.25. The number of imidazole rings is 1. The first-order valence-corrected chi connectivity index (χ1v) is 11.0. The molecule has 1 fully saturated rings. The lowest BCUT2D eigenvalue weighted by molar-refractivity contribution is 0.0906. The first-order chi connectivity index (χ1) is 15.3. The lowest BCUT2D eigenvalue weighted by atomic mass is 10.1. The summed E-state index contributed by atoms with van der Waals surface area (Å²) in [5.41, 5.74) is 3.52. The van der Waals surface area contributed by atoms with E-state index in [1.165, 1.54) is 11.1 Å². The van der Waals surface area contributed by atoms with E-state index >= 15 is 0 Å². The molecule has 1 atom stereocenters. The van der Waals surface area contributed by atoms with Crippen LogP contribution in [0.4, 0.5) is 0 Å². The van der Waals surface area contributed by atoms with Gasteiger partial charge in [0.05, 0.1) is 31.8 Å². The molecule has 0 radical (unpaired) electrons. The van der Waals surface area contributed by atoms with Crippen LogP contribution in [0, 0.1) is 5.92 Å². The van der Waals surface area contributed by atoms with Gasteiger partial charge in [-0.2, -0.15) is 0 Å². The number of hydrogen-bond acceptors (Lipinski definition) is 3. The molecule has 0 spiro atoms. The molecule has 31 heavy (non-hydrogen) atoms. The number of aliphatic imine (C=N–C) groups is 1. The van der Waals surface area contributed by atoms with Crippen LogP contribution in [0.5, 0.6) is 0 Å². The van der Waals surface area contributed by atoms with E-state index < -0.39 is 0 Å². The van der Waals surface area contributed by atoms with Crippen molar-refractivity contribution in [2.45, 2.75) is 26.5 Å². The Balaban J connectivity index is 1.35. The maximum atomic E-state index is 5.98. The maximum absolute atomic E-state index is 5.98. The quantitative estimate of drug-likeness (QED) is 0.446. The highest BCUT2D eigenvalue weighted by Crippen LogP contribution is 2.19. The summed E-state index contributed by atoms with van der Waals surface area (Å²) in [4.78, 5) is 11.5. The lowest BCUT2D eigenvalue weighted by Crippen LogP contribution is -2.40. The molecular formula is C25H31N5O. The third kappa shape index (κ3) is 5.73. The maximum Gasteiger partial charge on any atom is 0.194 e. The zero-order chi connectivity index (χ0) is 21.3. The monoisotopic (exact) mass is 417 g/mol. The molecule has 3 aromatic rings. The molecule has 6 nitrogen and oxygen atoms in total. The average molecular weight is 418 g/mol. The van der Waals surface area contributed by atoms with Crippen LogP contribution < -0.4 is 5.32 Å². The molecule has 0 aliphatic carbocycles. The average Bonchev–Trinajstić information content (AvgIpc) is 3.50. The molecule has 1 unspecified atom stereocenters. The SMILES string of the molecule is CCNC(=NCc1ccccc1-n1ccnc1)N1CCC(COCc2ccccc2)C1. The number of aromatic nitrogens is 2. The molecular weight excluding hydrogens is 386 g/mol. The predicted octanol–water partition coefficient (Wildman–Crippen LogP) is 3.88. The van der Waals surface area contributed by atoms with Gasteiger partial charge in [0, 0.05) is 37.9 Å². The smallest absolute Gasteiger partial charge is 0.194 e. The molecule has 0 saturated carbocycles. The largest absolute Gasteiger partial charge is 0.376 e. The van der Waals surface area contributed by atoms with Crippen LogP contribution in [0.2, 0.25) is 0 Å². The van der Waals surface area contributed by atoms with Crippen molar-refractivity contribution >= 4 is 5.96 Å². The number of likely N-dealkylation sites (tertiary alicyclic amines) is 1. The Hall–Kier alpha value is -3.12. The van der Waals surface area contributed by atoms with Crippen molar-refractivity contribution in [3.8, 4) is 5.69 Å². The van der Waals surface area contributed by atoms with Crippen LogP contribution in [-0.4, -0.2) is 46.7 Å². The standard InChI is InChI=1S/C25H31N5O/c1-2-27-25(28-16-23-10-6-7-11-24(23)30-15-13-26-20-30)29-14-12-22(17-29)19-31-18-21-8-4-3-5-9-21/h3-11,13,15,20,22H,2,12,14,16-19H2,1H3,(H,27,28). The van der Waals surface area contributed by atoms with Crippen LogP contribution in [0.1, 0.15) is 24.5 Å². The molecule has 0 amide bonds. The van der Waals surface area contributed by atoms with Crippen molar-refractivity contribution in [1.29, 1.82) is 0 Å². The number of hydrogen-bond donors (Lipinski definition) is 1. The van der Waals surface area contributed by atoms with Gasteiger partial charge in [-0.15, -0.1) is 0 Å². The second kappa shape index (κ2) is 10.8. The molecule has 1 aliphatic heterocycles. The van der Waals surface area contributed by atoms with E-state index in [9.17, 15) is 0 Å². The van der Waals surface area contributed by atoms with Crippen molar-refractivity contribution in [2.75, 3.05) is 26.2 Å². The van der Waals surface area contributed by atoms with Gasteiger partial charge in [0.2, 0.25) is 0 Å². The van der Waals surface area contributed by atoms with Crippen molar-refractivity contribution in [3.05, 3.63) is 84.4 Å². The molecule has 162 valence electrons. The number of guanidine groups is 1. The summed E-state index contributed by atoms with van der Waals surface area (Å²) in [5, 5.41) is 3.47. The molecule has 0 bridgehead atoms. The third-order valence-corrected chi connectivity index (χ3v) is 5.56. The molecule has 1 saturated heterocycles. The van der Waals surface area contributed by atoms with Crippen molar-refractivity contribution in [1.82, 2.24) is 19.8 Å². The number of ether oxygens (including phenoxy) is 1. The second-order valence-corrected chi connectivity index (χ2v) is 7.87. The molecule has 1 aromatic heterocycles. The molecule has 2 aromatic carbocycles. The first-order valence-electron chi connectivity index (χ1n) is 11.0. The number of para-hydroxylation sites is 1. The van der Waals surface area contributed by atoms with Gasteiger partial charge < -0.3 is 19.5 Å². The summed E-state index contributed by atoms with van der Waals surface area (Å²) in [6, 6.07) is 18.7. The predicted molar refractivity (Wildman–Crippen MR) is 124 cm³/mol. The fraction of sp³-hybridized carbons (Fsp3) is 0.360. The Kier molecular flexibility index (Phi) is 7.34. The molecule has 6 heteroatoms. The van der Waals surface area contributed by atoms with E-state index in [-0.39, 0.29) is 0 Å². The summed E-state index contributed by atoms with van der Waals surface area (Å²) in [5.74, 6) is 1.51. The van der Waals surface area contributed by atoms with Gasteiger partial charge in [-0.1, -0.05) is 48.5 Å². The molecule has 1 aliphatic rings. The number of benzene rings is 2. The molecule has 2 heterocycles. The van der Waals surface area contributed by atoms with Gasteiger partial charge in [-0.3, -0.25) is 0 Å². The van der Waals surface area contributed by atoms with Crippen LogP contribution >= 0.6 is 0 Å². The highest BCUT2D eigenvalue weighted by molar-refractivity contribution is 5.80. The topological polar surface area (TPSA) is 54.7 Å². The van der Waals surface area contributed by atoms with Gasteiger partial charge in [-0.05, 0) is 30.5 Å². The van der Waals surface area contributed by atoms with E-state index in [2.05, 4.69) is 64.6 Å². The zero-order valence-corrected chi connectivity index (χ0v) is 18.2. The minimum absolute atomic E-state index is 0.533. The van der Waals surface area contributed by atoms with Crippen molar-refractivity contribution in [3.63, 3.8) is 0 Å². The van der Waals surface area contributed by atoms with Crippen LogP contribution in [-0.2, 0) is 17.9 Å². The highest BCUT2D eigenvalue weighted by atomic mass is 16.5. The Bertz CT molecular complexity index is 955. The Morgan fingerprint density at radius 2 is 2.00 bits per heavy atom. The molecule has 4 rings (SSSR count). The Morgan fingerprint density at radius 3 is 2.81 bits per heavy atom. The Morgan fingerprint density at radius 1 is 1.16 bits per heavy atom. The Labute approximate surface area is 184 Å². The van der Waals surface area contributed by atoms with Gasteiger partial charge >= 0.3 is 0 Å². The third-order valence-electron chi connectivity index (χ3n) is 5.56. The van der Waals surface area contributed by atoms with Crippen molar-refractivity contribution in [2.24, 2.45) is 10.9 Å². The number of nitrogens with one attached hydrogen (secondary N) is 1. The van der Waals surface area contributed by atoms with Crippen LogP contribution in [0.15, 0.2) is 78.3 Å². The van der Waals surface area contributed by atoms with Gasteiger partial charge in [0.1, 0.15) is 0 Å². The first kappa shape index (κ1) is 21.1. The minimum atomic E-state index is 0.533. The number of nitrogens with zero attached hydrogens (tertiary/aromatic N) is 4. The van der Waals surface area contributed by atoms with E-state index in [1.54, 1.807) is 6.20 Å². The fourth-order valence-electron chi connectivity index (χ4n) is 3.96. The summed E-state index contributed by atoms with van der Waals surface area (Å²) in [7, 11) is 0. The summed E-state index contributed by atoms with van der Waals surface area (Å²) in [6.07, 6.45) is 6.72. The van der Waals surface area contributed by atoms with E-state index in [1.807, 2.05) is 29.2 Å². The van der Waals surface area contributed by atoms with E-state index in [0.29, 0.717) is 19.1 Å². The minimum Gasteiger partial charge on any atom is -0.376 e. The van der Waals surface area contributed by atoms with E-state index in [0.717, 1.165) is 44.3 Å². The zero-order valence-electron chi connectivity index (χ0n) is 18.2. The van der Waals surface area contributed by atoms with Gasteiger partial charge in [-0.25, -0.2) is 9.98 Å². The van der Waals surface area contributed by atoms with Crippen LogP contribution in [0.25, 0.3) is 5.69 Å². The van der Waals surface area contributed by atoms with Gasteiger partial charge in [0.25, 0.3) is 0 Å². The van der Waals surface area contributed by atoms with E-state index in [4.69, 9.17) is 9.73 Å².